The number of aliphatic carboxylic acids is 1. The molecule has 0 aliphatic rings. The van der Waals surface area contributed by atoms with Crippen molar-refractivity contribution < 1.29 is 31.9 Å². The number of benzene rings is 2. The summed E-state index contributed by atoms with van der Waals surface area (Å²) in [5, 5.41) is 9.78. The van der Waals surface area contributed by atoms with E-state index in [-0.39, 0.29) is 12.3 Å². The first-order valence-electron chi connectivity index (χ1n) is 10.0. The smallest absolute Gasteiger partial charge is 0.416 e. The van der Waals surface area contributed by atoms with E-state index in [1.165, 1.54) is 30.2 Å². The number of carboxylic acids is 1. The van der Waals surface area contributed by atoms with Crippen LogP contribution in [0.3, 0.4) is 0 Å². The Morgan fingerprint density at radius 2 is 1.82 bits per heavy atom. The van der Waals surface area contributed by atoms with Gasteiger partial charge in [-0.2, -0.15) is 13.2 Å². The van der Waals surface area contributed by atoms with Crippen LogP contribution in [0.15, 0.2) is 62.5 Å². The minimum atomic E-state index is -4.40. The van der Waals surface area contributed by atoms with Crippen LogP contribution in [0, 0.1) is 6.92 Å². The lowest BCUT2D eigenvalue weighted by atomic mass is 10.1. The summed E-state index contributed by atoms with van der Waals surface area (Å²) in [5.41, 5.74) is 1.57. The van der Waals surface area contributed by atoms with E-state index >= 15 is 0 Å². The number of alkyl halides is 3. The molecule has 0 aliphatic carbocycles. The molecule has 0 saturated heterocycles. The fourth-order valence-electron chi connectivity index (χ4n) is 3.65. The van der Waals surface area contributed by atoms with E-state index < -0.39 is 22.5 Å². The number of hydrogen-bond acceptors (Lipinski definition) is 5. The summed E-state index contributed by atoms with van der Waals surface area (Å²) in [5.74, 6) is -0.0693. The molecule has 1 N–H and O–H groups in total. The molecule has 0 unspecified atom stereocenters. The zero-order chi connectivity index (χ0) is 24.0. The average molecular weight is 475 g/mol. The van der Waals surface area contributed by atoms with Crippen molar-refractivity contribution >= 4 is 28.7 Å². The maximum absolute atomic E-state index is 12.8. The third-order valence-electron chi connectivity index (χ3n) is 5.14. The third-order valence-corrected chi connectivity index (χ3v) is 6.33. The van der Waals surface area contributed by atoms with Gasteiger partial charge in [-0.15, -0.1) is 11.8 Å². The minimum absolute atomic E-state index is 0.116. The molecule has 9 heteroatoms. The Balaban J connectivity index is 1.59. The van der Waals surface area contributed by atoms with E-state index in [1.807, 2.05) is 32.0 Å². The van der Waals surface area contributed by atoms with E-state index in [2.05, 4.69) is 4.98 Å². The second-order valence-corrected chi connectivity index (χ2v) is 9.81. The van der Waals surface area contributed by atoms with Crippen LogP contribution in [-0.2, 0) is 22.1 Å². The average Bonchev–Trinajstić information content (AvgIpc) is 3.30. The number of furan rings is 1. The molecule has 0 radical (unpaired) electrons. The molecule has 0 fully saturated rings. The SMILES string of the molecule is Cc1nc(-c2ccc(C(F)(F)F)cc2)oc1C(C)(C)Sc1ccc2c(CC(=O)O)coc2c1. The third kappa shape index (κ3) is 4.78. The van der Waals surface area contributed by atoms with Gasteiger partial charge in [0.05, 0.1) is 28.7 Å². The second-order valence-electron chi connectivity index (χ2n) is 8.11. The summed E-state index contributed by atoms with van der Waals surface area (Å²) in [7, 11) is 0. The van der Waals surface area contributed by atoms with E-state index in [1.54, 1.807) is 6.92 Å². The summed E-state index contributed by atoms with van der Waals surface area (Å²) in [6.45, 7) is 5.72. The van der Waals surface area contributed by atoms with Crippen molar-refractivity contribution in [2.75, 3.05) is 0 Å². The number of rotatable bonds is 6. The number of oxazole rings is 1. The molecule has 0 saturated carbocycles. The number of carbonyl (C=O) groups is 1. The van der Waals surface area contributed by atoms with Crippen molar-refractivity contribution in [3.63, 3.8) is 0 Å². The summed E-state index contributed by atoms with van der Waals surface area (Å²) in [6, 6.07) is 10.3. The zero-order valence-corrected chi connectivity index (χ0v) is 18.8. The maximum atomic E-state index is 12.8. The van der Waals surface area contributed by atoms with Gasteiger partial charge in [0.25, 0.3) is 0 Å². The molecule has 0 atom stereocenters. The second kappa shape index (κ2) is 8.30. The van der Waals surface area contributed by atoms with E-state index in [9.17, 15) is 18.0 Å². The van der Waals surface area contributed by atoms with Gasteiger partial charge in [-0.1, -0.05) is 0 Å². The molecule has 33 heavy (non-hydrogen) atoms. The van der Waals surface area contributed by atoms with Crippen LogP contribution in [0.4, 0.5) is 13.2 Å². The Bertz CT molecular complexity index is 1320. The Morgan fingerprint density at radius 1 is 1.12 bits per heavy atom. The standard InChI is InChI=1S/C24H20F3NO4S/c1-13-21(32-22(28-13)14-4-6-16(7-5-14)24(25,26)27)23(2,3)33-17-8-9-18-15(10-20(29)30)12-31-19(18)11-17/h4-9,11-12H,10H2,1-3H3,(H,29,30). The van der Waals surface area contributed by atoms with Gasteiger partial charge in [0.2, 0.25) is 5.89 Å². The molecule has 2 aromatic heterocycles. The van der Waals surface area contributed by atoms with Crippen molar-refractivity contribution in [1.82, 2.24) is 4.98 Å². The number of aromatic nitrogens is 1. The first kappa shape index (κ1) is 23.0. The topological polar surface area (TPSA) is 76.5 Å². The maximum Gasteiger partial charge on any atom is 0.416 e. The Labute approximate surface area is 191 Å². The van der Waals surface area contributed by atoms with Crippen molar-refractivity contribution in [2.45, 2.75) is 43.0 Å². The van der Waals surface area contributed by atoms with Crippen LogP contribution in [0.25, 0.3) is 22.4 Å². The number of fused-ring (bicyclic) bond motifs is 1. The molecular weight excluding hydrogens is 455 g/mol. The first-order valence-corrected chi connectivity index (χ1v) is 10.8. The lowest BCUT2D eigenvalue weighted by Gasteiger charge is -2.22. The van der Waals surface area contributed by atoms with Crippen LogP contribution >= 0.6 is 11.8 Å². The highest BCUT2D eigenvalue weighted by atomic mass is 32.2. The molecule has 0 spiro atoms. The Morgan fingerprint density at radius 3 is 2.45 bits per heavy atom. The highest BCUT2D eigenvalue weighted by Crippen LogP contribution is 2.44. The highest BCUT2D eigenvalue weighted by Gasteiger charge is 2.32. The number of hydrogen-bond donors (Lipinski definition) is 1. The molecule has 4 rings (SSSR count). The number of halogens is 3. The van der Waals surface area contributed by atoms with Gasteiger partial charge in [0, 0.05) is 21.4 Å². The summed E-state index contributed by atoms with van der Waals surface area (Å²) < 4.78 is 49.5. The van der Waals surface area contributed by atoms with Gasteiger partial charge in [-0.05, 0) is 63.2 Å². The van der Waals surface area contributed by atoms with Gasteiger partial charge in [-0.3, -0.25) is 4.79 Å². The summed E-state index contributed by atoms with van der Waals surface area (Å²) >= 11 is 1.51. The Hall–Kier alpha value is -3.20. The molecular formula is C24H20F3NO4S. The summed E-state index contributed by atoms with van der Waals surface area (Å²) in [6.07, 6.45) is -3.07. The van der Waals surface area contributed by atoms with Gasteiger partial charge in [0.1, 0.15) is 11.3 Å². The predicted molar refractivity (Wildman–Crippen MR) is 118 cm³/mol. The van der Waals surface area contributed by atoms with Crippen molar-refractivity contribution in [1.29, 1.82) is 0 Å². The molecule has 0 amide bonds. The van der Waals surface area contributed by atoms with Gasteiger partial charge >= 0.3 is 12.1 Å². The van der Waals surface area contributed by atoms with Crippen LogP contribution in [0.5, 0.6) is 0 Å². The van der Waals surface area contributed by atoms with E-state index in [0.29, 0.717) is 28.2 Å². The molecule has 5 nitrogen and oxygen atoms in total. The van der Waals surface area contributed by atoms with E-state index in [4.69, 9.17) is 13.9 Å². The van der Waals surface area contributed by atoms with Gasteiger partial charge in [-0.25, -0.2) is 4.98 Å². The van der Waals surface area contributed by atoms with Crippen LogP contribution in [0.2, 0.25) is 0 Å². The molecule has 0 aliphatic heterocycles. The van der Waals surface area contributed by atoms with Crippen molar-refractivity contribution in [2.24, 2.45) is 0 Å². The minimum Gasteiger partial charge on any atom is -0.481 e. The normalized spacial score (nSPS) is 12.4. The fourth-order valence-corrected chi connectivity index (χ4v) is 4.82. The molecule has 4 aromatic rings. The monoisotopic (exact) mass is 475 g/mol. The number of thioether (sulfide) groups is 1. The Kier molecular flexibility index (Phi) is 5.78. The number of carboxylic acid groups (broad SMARTS) is 1. The number of aryl methyl sites for hydroxylation is 1. The van der Waals surface area contributed by atoms with Crippen LogP contribution in [-0.4, -0.2) is 16.1 Å². The fraction of sp³-hybridized carbons (Fsp3) is 0.250. The molecule has 0 bridgehead atoms. The molecule has 172 valence electrons. The van der Waals surface area contributed by atoms with Crippen molar-refractivity contribution in [3.05, 3.63) is 71.3 Å². The highest BCUT2D eigenvalue weighted by molar-refractivity contribution is 8.00. The molecule has 2 aromatic carbocycles. The quantitative estimate of drug-likeness (QED) is 0.301. The van der Waals surface area contributed by atoms with Crippen LogP contribution in [0.1, 0.15) is 36.4 Å². The predicted octanol–water partition coefficient (Wildman–Crippen LogP) is 7.07. The lowest BCUT2D eigenvalue weighted by Crippen LogP contribution is -2.12. The van der Waals surface area contributed by atoms with E-state index in [0.717, 1.165) is 22.4 Å². The van der Waals surface area contributed by atoms with Gasteiger partial charge < -0.3 is 13.9 Å². The first-order chi connectivity index (χ1) is 15.4. The summed E-state index contributed by atoms with van der Waals surface area (Å²) in [4.78, 5) is 16.3. The van der Waals surface area contributed by atoms with Crippen LogP contribution < -0.4 is 0 Å². The number of nitrogens with zero attached hydrogens (tertiary/aromatic N) is 1. The van der Waals surface area contributed by atoms with Gasteiger partial charge in [0.15, 0.2) is 0 Å². The van der Waals surface area contributed by atoms with Crippen molar-refractivity contribution in [3.8, 4) is 11.5 Å². The molecule has 2 heterocycles. The lowest BCUT2D eigenvalue weighted by molar-refractivity contribution is -0.138. The zero-order valence-electron chi connectivity index (χ0n) is 18.0. The largest absolute Gasteiger partial charge is 0.481 e.